The normalized spacial score (nSPS) is 18.9. The highest BCUT2D eigenvalue weighted by Gasteiger charge is 2.41. The average molecular weight is 592 g/mol. The van der Waals surface area contributed by atoms with Crippen molar-refractivity contribution in [1.29, 1.82) is 0 Å². The third kappa shape index (κ3) is 4.99. The number of aromatic nitrogens is 2. The van der Waals surface area contributed by atoms with Crippen molar-refractivity contribution in [1.82, 2.24) is 20.2 Å². The first-order valence-electron chi connectivity index (χ1n) is 13.2. The van der Waals surface area contributed by atoms with Gasteiger partial charge in [-0.05, 0) is 60.5 Å². The van der Waals surface area contributed by atoms with Gasteiger partial charge in [-0.1, -0.05) is 19.9 Å². The lowest BCUT2D eigenvalue weighted by Gasteiger charge is -2.23. The molecule has 40 heavy (non-hydrogen) atoms. The van der Waals surface area contributed by atoms with Crippen LogP contribution in [0.2, 0.25) is 0 Å². The highest BCUT2D eigenvalue weighted by molar-refractivity contribution is 7.91. The van der Waals surface area contributed by atoms with Crippen LogP contribution in [0.3, 0.4) is 0 Å². The minimum Gasteiger partial charge on any atom is -0.334 e. The third-order valence-corrected chi connectivity index (χ3v) is 10.5. The molecule has 8 nitrogen and oxygen atoms in total. The molecule has 1 amide bonds. The van der Waals surface area contributed by atoms with E-state index in [1.54, 1.807) is 0 Å². The molecule has 1 fully saturated rings. The Morgan fingerprint density at radius 2 is 1.95 bits per heavy atom. The number of carbonyl (C=O) groups excluding carboxylic acids is 1. The number of sulfone groups is 1. The standard InChI is InChI=1S/C27H28F3N5O3S2/c1-14(2)18-9-16-12-31-6-5-15(16)10-20(18)33-26-32-13-19(27(28,29)30)23(34-26)21-11-22-24(39-21)25(36)35(17-3-4-17)7-8-40(22,37)38/h9-11,13-14,17,31H,3-8,12H2,1-2H3,(H,32,33,34). The van der Waals surface area contributed by atoms with Gasteiger partial charge in [0.05, 0.1) is 21.2 Å². The van der Waals surface area contributed by atoms with Gasteiger partial charge in [-0.15, -0.1) is 11.3 Å². The zero-order chi connectivity index (χ0) is 28.4. The molecule has 2 aliphatic heterocycles. The van der Waals surface area contributed by atoms with Crippen LogP contribution in [0.5, 0.6) is 0 Å². The molecule has 0 saturated heterocycles. The highest BCUT2D eigenvalue weighted by Crippen LogP contribution is 2.43. The van der Waals surface area contributed by atoms with Gasteiger partial charge in [-0.2, -0.15) is 13.2 Å². The van der Waals surface area contributed by atoms with E-state index in [1.165, 1.54) is 10.5 Å². The number of carbonyl (C=O) groups is 1. The molecular formula is C27H28F3N5O3S2. The minimum absolute atomic E-state index is 0.0256. The fourth-order valence-corrected chi connectivity index (χ4v) is 8.18. The number of halogens is 3. The summed E-state index contributed by atoms with van der Waals surface area (Å²) in [6.07, 6.45) is -1.69. The molecule has 0 bridgehead atoms. The number of nitrogens with zero attached hydrogens (tertiary/aromatic N) is 3. The van der Waals surface area contributed by atoms with Crippen LogP contribution >= 0.6 is 11.3 Å². The van der Waals surface area contributed by atoms with Gasteiger partial charge in [0.2, 0.25) is 5.95 Å². The Kier molecular flexibility index (Phi) is 6.66. The predicted octanol–water partition coefficient (Wildman–Crippen LogP) is 5.13. The molecule has 2 aromatic heterocycles. The Labute approximate surface area is 233 Å². The van der Waals surface area contributed by atoms with E-state index in [0.717, 1.165) is 60.9 Å². The second kappa shape index (κ2) is 9.81. The molecular weight excluding hydrogens is 563 g/mol. The number of rotatable bonds is 5. The Morgan fingerprint density at radius 1 is 1.18 bits per heavy atom. The van der Waals surface area contributed by atoms with Crippen molar-refractivity contribution in [2.75, 3.05) is 24.2 Å². The molecule has 212 valence electrons. The van der Waals surface area contributed by atoms with Gasteiger partial charge in [0.25, 0.3) is 5.91 Å². The number of hydrogen-bond donors (Lipinski definition) is 2. The van der Waals surface area contributed by atoms with Gasteiger partial charge in [0, 0.05) is 31.0 Å². The summed E-state index contributed by atoms with van der Waals surface area (Å²) in [5, 5.41) is 6.47. The highest BCUT2D eigenvalue weighted by atomic mass is 32.2. The van der Waals surface area contributed by atoms with Gasteiger partial charge in [-0.25, -0.2) is 18.4 Å². The molecule has 2 N–H and O–H groups in total. The van der Waals surface area contributed by atoms with E-state index in [9.17, 15) is 26.4 Å². The van der Waals surface area contributed by atoms with E-state index in [-0.39, 0.29) is 44.9 Å². The summed E-state index contributed by atoms with van der Waals surface area (Å²) in [6.45, 7) is 5.72. The quantitative estimate of drug-likeness (QED) is 0.424. The summed E-state index contributed by atoms with van der Waals surface area (Å²) in [7, 11) is -3.87. The molecule has 13 heteroatoms. The predicted molar refractivity (Wildman–Crippen MR) is 146 cm³/mol. The van der Waals surface area contributed by atoms with Crippen molar-refractivity contribution in [3.8, 4) is 10.6 Å². The zero-order valence-corrected chi connectivity index (χ0v) is 23.6. The van der Waals surface area contributed by atoms with Crippen LogP contribution in [0.1, 0.15) is 64.5 Å². The van der Waals surface area contributed by atoms with Crippen LogP contribution in [0.4, 0.5) is 24.8 Å². The van der Waals surface area contributed by atoms with E-state index in [4.69, 9.17) is 0 Å². The van der Waals surface area contributed by atoms with Crippen LogP contribution in [0, 0.1) is 0 Å². The summed E-state index contributed by atoms with van der Waals surface area (Å²) in [6, 6.07) is 5.23. The fourth-order valence-electron chi connectivity index (χ4n) is 5.26. The van der Waals surface area contributed by atoms with Crippen LogP contribution in [-0.2, 0) is 29.0 Å². The fraction of sp³-hybridized carbons (Fsp3) is 0.444. The molecule has 0 unspecified atom stereocenters. The Balaban J connectivity index is 1.44. The Bertz CT molecular complexity index is 1610. The second-order valence-corrected chi connectivity index (χ2v) is 13.9. The van der Waals surface area contributed by atoms with Crippen molar-refractivity contribution < 1.29 is 26.4 Å². The number of nitrogens with one attached hydrogen (secondary N) is 2. The largest absolute Gasteiger partial charge is 0.420 e. The molecule has 6 rings (SSSR count). The van der Waals surface area contributed by atoms with E-state index < -0.39 is 33.2 Å². The van der Waals surface area contributed by atoms with Crippen molar-refractivity contribution in [3.05, 3.63) is 51.5 Å². The van der Waals surface area contributed by atoms with Crippen LogP contribution in [0.25, 0.3) is 10.6 Å². The molecule has 0 atom stereocenters. The Morgan fingerprint density at radius 3 is 2.65 bits per heavy atom. The topological polar surface area (TPSA) is 104 Å². The number of hydrogen-bond acceptors (Lipinski definition) is 8. The van der Waals surface area contributed by atoms with E-state index in [2.05, 4.69) is 26.7 Å². The van der Waals surface area contributed by atoms with E-state index in [1.807, 2.05) is 19.9 Å². The summed E-state index contributed by atoms with van der Waals surface area (Å²) < 4.78 is 68.4. The van der Waals surface area contributed by atoms with Crippen molar-refractivity contribution >= 4 is 38.7 Å². The van der Waals surface area contributed by atoms with Crippen LogP contribution in [0.15, 0.2) is 29.3 Å². The third-order valence-electron chi connectivity index (χ3n) is 7.53. The lowest BCUT2D eigenvalue weighted by molar-refractivity contribution is -0.137. The van der Waals surface area contributed by atoms with Crippen LogP contribution in [-0.4, -0.2) is 54.1 Å². The maximum Gasteiger partial charge on any atom is 0.420 e. The van der Waals surface area contributed by atoms with Gasteiger partial charge in [0.1, 0.15) is 10.4 Å². The summed E-state index contributed by atoms with van der Waals surface area (Å²) in [4.78, 5) is 22.7. The maximum absolute atomic E-state index is 14.1. The van der Waals surface area contributed by atoms with Gasteiger partial charge in [-0.3, -0.25) is 4.79 Å². The number of benzene rings is 1. The van der Waals surface area contributed by atoms with Gasteiger partial charge < -0.3 is 15.5 Å². The maximum atomic E-state index is 14.1. The first-order chi connectivity index (χ1) is 18.9. The monoisotopic (exact) mass is 591 g/mol. The van der Waals surface area contributed by atoms with Crippen LogP contribution < -0.4 is 10.6 Å². The number of amides is 1. The molecule has 1 saturated carbocycles. The van der Waals surface area contributed by atoms with Gasteiger partial charge >= 0.3 is 6.18 Å². The number of fused-ring (bicyclic) bond motifs is 2. The van der Waals surface area contributed by atoms with E-state index in [0.29, 0.717) is 11.9 Å². The van der Waals surface area contributed by atoms with E-state index >= 15 is 0 Å². The average Bonchev–Trinajstić information content (AvgIpc) is 3.64. The molecule has 0 radical (unpaired) electrons. The van der Waals surface area contributed by atoms with Gasteiger partial charge in [0.15, 0.2) is 9.84 Å². The van der Waals surface area contributed by atoms with Crippen molar-refractivity contribution in [3.63, 3.8) is 0 Å². The smallest absolute Gasteiger partial charge is 0.334 e. The number of alkyl halides is 3. The molecule has 1 aromatic carbocycles. The summed E-state index contributed by atoms with van der Waals surface area (Å²) >= 11 is 0.738. The number of anilines is 2. The Hall–Kier alpha value is -3.03. The minimum atomic E-state index is -4.79. The molecule has 0 spiro atoms. The summed E-state index contributed by atoms with van der Waals surface area (Å²) in [5.74, 6) is -0.647. The first kappa shape index (κ1) is 27.2. The summed E-state index contributed by atoms with van der Waals surface area (Å²) in [5.41, 5.74) is 2.45. The number of thiophene rings is 1. The molecule has 4 heterocycles. The lowest BCUT2D eigenvalue weighted by Crippen LogP contribution is -2.34. The first-order valence-corrected chi connectivity index (χ1v) is 15.6. The lowest BCUT2D eigenvalue weighted by atomic mass is 9.92. The SMILES string of the molecule is CC(C)c1cc2c(cc1Nc1ncc(C(F)(F)F)c(-c3cc4c(s3)C(=O)N(C3CC3)CCS4(=O)=O)n1)CCNC2. The van der Waals surface area contributed by atoms with Crippen molar-refractivity contribution in [2.24, 2.45) is 0 Å². The van der Waals surface area contributed by atoms with Crippen molar-refractivity contribution in [2.45, 2.75) is 62.7 Å². The molecule has 1 aliphatic carbocycles. The molecule has 3 aliphatic rings. The second-order valence-electron chi connectivity index (χ2n) is 10.7. The zero-order valence-electron chi connectivity index (χ0n) is 21.9. The molecule has 3 aromatic rings.